The maximum absolute atomic E-state index is 14.9. The van der Waals surface area contributed by atoms with E-state index in [0.29, 0.717) is 37.6 Å². The highest BCUT2D eigenvalue weighted by Gasteiger charge is 2.37. The molecule has 0 spiro atoms. The van der Waals surface area contributed by atoms with E-state index in [-0.39, 0.29) is 17.7 Å². The summed E-state index contributed by atoms with van der Waals surface area (Å²) in [6, 6.07) is 4.62. The minimum Gasteiger partial charge on any atom is -0.423 e. The molecule has 170 valence electrons. The minimum atomic E-state index is -0.719. The zero-order chi connectivity index (χ0) is 22.9. The lowest BCUT2D eigenvalue weighted by molar-refractivity contribution is -0.139. The molecule has 2 aliphatic heterocycles. The summed E-state index contributed by atoms with van der Waals surface area (Å²) in [4.78, 5) is 42.9. The van der Waals surface area contributed by atoms with Crippen LogP contribution in [0.4, 0.5) is 25.4 Å². The van der Waals surface area contributed by atoms with E-state index in [2.05, 4.69) is 0 Å². The number of nitrogens with zero attached hydrogens (tertiary/aromatic N) is 4. The fraction of sp³-hybridized carbons (Fsp3) is 0.571. The molecule has 1 aromatic carbocycles. The second kappa shape index (κ2) is 8.94. The zero-order valence-corrected chi connectivity index (χ0v) is 19.4. The molecule has 10 heteroatoms. The first kappa shape index (κ1) is 23.2. The van der Waals surface area contributed by atoms with Gasteiger partial charge in [-0.3, -0.25) is 19.4 Å². The van der Waals surface area contributed by atoms with E-state index in [1.807, 2.05) is 30.6 Å². The second-order valence-electron chi connectivity index (χ2n) is 8.69. The van der Waals surface area contributed by atoms with Gasteiger partial charge in [0.15, 0.2) is 6.23 Å². The number of piperazine rings is 1. The molecule has 3 rings (SSSR count). The first-order valence-electron chi connectivity index (χ1n) is 10.2. The fourth-order valence-electron chi connectivity index (χ4n) is 3.67. The Labute approximate surface area is 186 Å². The first-order valence-corrected chi connectivity index (χ1v) is 11.4. The highest BCUT2D eigenvalue weighted by molar-refractivity contribution is 8.12. The van der Waals surface area contributed by atoms with Gasteiger partial charge in [-0.1, -0.05) is 32.5 Å². The molecule has 1 aromatic rings. The van der Waals surface area contributed by atoms with E-state index < -0.39 is 23.6 Å². The Morgan fingerprint density at radius 2 is 1.84 bits per heavy atom. The van der Waals surface area contributed by atoms with E-state index in [0.717, 1.165) is 11.8 Å². The zero-order valence-electron chi connectivity index (χ0n) is 18.6. The largest absolute Gasteiger partial charge is 0.423 e. The number of hydrogen-bond acceptors (Lipinski definition) is 6. The standard InChI is InChI=1S/C21H29FN4O4S/c1-21(2,3)18(27)25-10-8-24(9-11-25)16-7-6-14(12-15(16)22)26-13-17(30-19(26)28)23(4)20(29)31-5/h6-7,12,17H,8-11,13H2,1-5H3. The summed E-state index contributed by atoms with van der Waals surface area (Å²) >= 11 is 1.03. The molecule has 0 N–H and O–H groups in total. The number of amides is 3. The summed E-state index contributed by atoms with van der Waals surface area (Å²) in [5.74, 6) is -0.354. The molecule has 0 radical (unpaired) electrons. The smallest absolute Gasteiger partial charge is 0.416 e. The molecule has 0 saturated carbocycles. The Bertz CT molecular complexity index is 867. The van der Waals surface area contributed by atoms with Crippen LogP contribution in [0, 0.1) is 11.2 Å². The number of likely N-dealkylation sites (N-methyl/N-ethyl adjacent to an activating group) is 1. The average Bonchev–Trinajstić information content (AvgIpc) is 3.13. The number of ether oxygens (including phenoxy) is 1. The lowest BCUT2D eigenvalue weighted by Crippen LogP contribution is -2.51. The number of thioether (sulfide) groups is 1. The SMILES string of the molecule is CSC(=O)N(C)C1CN(c2ccc(N3CCN(C(=O)C(C)(C)C)CC3)c(F)c2)C(=O)O1. The molecule has 0 aromatic heterocycles. The number of hydrogen-bond donors (Lipinski definition) is 0. The fourth-order valence-corrected chi connectivity index (χ4v) is 4.07. The lowest BCUT2D eigenvalue weighted by Gasteiger charge is -2.38. The normalized spacial score (nSPS) is 19.5. The number of anilines is 2. The lowest BCUT2D eigenvalue weighted by atomic mass is 9.94. The molecule has 0 bridgehead atoms. The van der Waals surface area contributed by atoms with Crippen molar-refractivity contribution in [1.29, 1.82) is 0 Å². The summed E-state index contributed by atoms with van der Waals surface area (Å²) < 4.78 is 20.2. The van der Waals surface area contributed by atoms with Crippen molar-refractivity contribution < 1.29 is 23.5 Å². The monoisotopic (exact) mass is 452 g/mol. The van der Waals surface area contributed by atoms with Crippen molar-refractivity contribution in [3.05, 3.63) is 24.0 Å². The predicted molar refractivity (Wildman–Crippen MR) is 119 cm³/mol. The topological polar surface area (TPSA) is 73.4 Å². The Balaban J connectivity index is 1.67. The highest BCUT2D eigenvalue weighted by atomic mass is 32.2. The van der Waals surface area contributed by atoms with Gasteiger partial charge in [0.1, 0.15) is 5.82 Å². The predicted octanol–water partition coefficient (Wildman–Crippen LogP) is 3.22. The quantitative estimate of drug-likeness (QED) is 0.701. The van der Waals surface area contributed by atoms with Crippen LogP contribution in [0.25, 0.3) is 0 Å². The summed E-state index contributed by atoms with van der Waals surface area (Å²) in [5.41, 5.74) is 0.372. The first-order chi connectivity index (χ1) is 14.5. The van der Waals surface area contributed by atoms with E-state index in [1.54, 1.807) is 25.4 Å². The molecule has 2 aliphatic rings. The second-order valence-corrected chi connectivity index (χ2v) is 9.45. The van der Waals surface area contributed by atoms with Crippen molar-refractivity contribution >= 4 is 40.4 Å². The number of rotatable bonds is 3. The molecule has 1 unspecified atom stereocenters. The molecule has 3 amide bonds. The Kier molecular flexibility index (Phi) is 6.68. The van der Waals surface area contributed by atoms with Crippen LogP contribution in [-0.2, 0) is 9.53 Å². The summed E-state index contributed by atoms with van der Waals surface area (Å²) in [7, 11) is 1.56. The number of carbonyl (C=O) groups excluding carboxylic acids is 3. The van der Waals surface area contributed by atoms with Gasteiger partial charge < -0.3 is 14.5 Å². The number of carbonyl (C=O) groups is 3. The van der Waals surface area contributed by atoms with Crippen molar-refractivity contribution in [2.24, 2.45) is 5.41 Å². The molecule has 2 saturated heterocycles. The van der Waals surface area contributed by atoms with Crippen LogP contribution >= 0.6 is 11.8 Å². The number of cyclic esters (lactones) is 1. The summed E-state index contributed by atoms with van der Waals surface area (Å²) in [6.45, 7) is 7.95. The van der Waals surface area contributed by atoms with Crippen LogP contribution in [0.1, 0.15) is 20.8 Å². The van der Waals surface area contributed by atoms with Gasteiger partial charge in [-0.25, -0.2) is 9.18 Å². The van der Waals surface area contributed by atoms with Crippen LogP contribution in [0.2, 0.25) is 0 Å². The third-order valence-corrected chi connectivity index (χ3v) is 6.12. The molecule has 8 nitrogen and oxygen atoms in total. The van der Waals surface area contributed by atoms with E-state index in [4.69, 9.17) is 4.74 Å². The van der Waals surface area contributed by atoms with Gasteiger partial charge in [-0.2, -0.15) is 0 Å². The molecule has 31 heavy (non-hydrogen) atoms. The highest BCUT2D eigenvalue weighted by Crippen LogP contribution is 2.30. The van der Waals surface area contributed by atoms with E-state index in [1.165, 1.54) is 15.9 Å². The van der Waals surface area contributed by atoms with Gasteiger partial charge in [-0.05, 0) is 24.5 Å². The van der Waals surface area contributed by atoms with Crippen LogP contribution in [0.15, 0.2) is 18.2 Å². The third-order valence-electron chi connectivity index (χ3n) is 5.48. The molecular formula is C21H29FN4O4S. The van der Waals surface area contributed by atoms with Crippen molar-refractivity contribution in [2.75, 3.05) is 55.8 Å². The van der Waals surface area contributed by atoms with Crippen LogP contribution in [-0.4, -0.2) is 79.3 Å². The minimum absolute atomic E-state index is 0.0926. The van der Waals surface area contributed by atoms with Gasteiger partial charge in [0.05, 0.1) is 17.9 Å². The van der Waals surface area contributed by atoms with Crippen molar-refractivity contribution in [1.82, 2.24) is 9.80 Å². The third kappa shape index (κ3) is 4.89. The van der Waals surface area contributed by atoms with E-state index in [9.17, 15) is 18.8 Å². The Morgan fingerprint density at radius 1 is 1.19 bits per heavy atom. The molecule has 0 aliphatic carbocycles. The van der Waals surface area contributed by atoms with Crippen molar-refractivity contribution in [3.8, 4) is 0 Å². The van der Waals surface area contributed by atoms with Gasteiger partial charge in [-0.15, -0.1) is 0 Å². The number of benzene rings is 1. The van der Waals surface area contributed by atoms with Gasteiger partial charge in [0, 0.05) is 38.6 Å². The van der Waals surface area contributed by atoms with Crippen LogP contribution in [0.5, 0.6) is 0 Å². The summed E-state index contributed by atoms with van der Waals surface area (Å²) in [6.07, 6.45) is 0.316. The Morgan fingerprint density at radius 3 is 2.39 bits per heavy atom. The van der Waals surface area contributed by atoms with E-state index >= 15 is 0 Å². The maximum atomic E-state index is 14.9. The molecule has 1 atom stereocenters. The van der Waals surface area contributed by atoms with Crippen molar-refractivity contribution in [2.45, 2.75) is 27.0 Å². The Hall–Kier alpha value is -2.49. The van der Waals surface area contributed by atoms with Gasteiger partial charge >= 0.3 is 6.09 Å². The number of halogens is 1. The molecule has 2 heterocycles. The van der Waals surface area contributed by atoms with Gasteiger partial charge in [0.2, 0.25) is 5.91 Å². The van der Waals surface area contributed by atoms with Crippen LogP contribution in [0.3, 0.4) is 0 Å². The molecular weight excluding hydrogens is 423 g/mol. The van der Waals surface area contributed by atoms with Crippen LogP contribution < -0.4 is 9.80 Å². The average molecular weight is 453 g/mol. The van der Waals surface area contributed by atoms with Gasteiger partial charge in [0.25, 0.3) is 5.24 Å². The summed E-state index contributed by atoms with van der Waals surface area (Å²) in [5, 5.41) is -0.217. The molecule has 2 fully saturated rings. The van der Waals surface area contributed by atoms with Crippen molar-refractivity contribution in [3.63, 3.8) is 0 Å². The maximum Gasteiger partial charge on any atom is 0.416 e.